The maximum absolute atomic E-state index is 13.8. The molecule has 2 rings (SSSR count). The van der Waals surface area contributed by atoms with Crippen LogP contribution >= 0.6 is 0 Å². The van der Waals surface area contributed by atoms with Crippen molar-refractivity contribution in [2.24, 2.45) is 17.6 Å². The Bertz CT molecular complexity index is 420. The fourth-order valence-electron chi connectivity index (χ4n) is 2.14. The van der Waals surface area contributed by atoms with Crippen molar-refractivity contribution in [3.63, 3.8) is 0 Å². The summed E-state index contributed by atoms with van der Waals surface area (Å²) in [6.07, 6.45) is 1.18. The average Bonchev–Trinajstić information content (AvgIpc) is 2.98. The predicted molar refractivity (Wildman–Crippen MR) is 64.8 cm³/mol. The Balaban J connectivity index is 2.17. The fraction of sp³-hybridized carbons (Fsp3) is 0.538. The third kappa shape index (κ3) is 2.41. The van der Waals surface area contributed by atoms with Gasteiger partial charge in [-0.25, -0.2) is 8.78 Å². The topological polar surface area (TPSA) is 29.3 Å². The molecule has 2 unspecified atom stereocenters. The van der Waals surface area contributed by atoms with Gasteiger partial charge in [0.2, 0.25) is 0 Å². The summed E-state index contributed by atoms with van der Waals surface area (Å²) < 4.78 is 27.4. The molecule has 0 heterocycles. The maximum atomic E-state index is 13.8. The lowest BCUT2D eigenvalue weighted by Crippen LogP contribution is -2.22. The van der Waals surface area contributed by atoms with Gasteiger partial charge in [-0.1, -0.05) is 13.0 Å². The van der Waals surface area contributed by atoms with Gasteiger partial charge in [0.1, 0.15) is 0 Å². The molecule has 4 heteroatoms. The summed E-state index contributed by atoms with van der Waals surface area (Å²) in [5.41, 5.74) is 5.87. The number of hydrogen-bond acceptors (Lipinski definition) is 2. The van der Waals surface area contributed by atoms with E-state index in [4.69, 9.17) is 5.73 Å². The molecule has 1 aliphatic carbocycles. The van der Waals surface area contributed by atoms with Crippen molar-refractivity contribution in [2.75, 3.05) is 18.5 Å². The van der Waals surface area contributed by atoms with Gasteiger partial charge in [-0.3, -0.25) is 0 Å². The number of nitrogens with two attached hydrogens (primary N) is 1. The zero-order valence-corrected chi connectivity index (χ0v) is 10.2. The molecule has 0 radical (unpaired) electrons. The summed E-state index contributed by atoms with van der Waals surface area (Å²) >= 11 is 0. The Hall–Kier alpha value is -1.16. The van der Waals surface area contributed by atoms with E-state index in [1.807, 2.05) is 0 Å². The molecule has 17 heavy (non-hydrogen) atoms. The molecular formula is C13H18F2N2. The number of rotatable bonds is 4. The van der Waals surface area contributed by atoms with E-state index in [-0.39, 0.29) is 12.1 Å². The van der Waals surface area contributed by atoms with Gasteiger partial charge in [-0.05, 0) is 24.3 Å². The Morgan fingerprint density at radius 1 is 1.35 bits per heavy atom. The normalized spacial score (nSPS) is 22.6. The molecule has 0 aliphatic heterocycles. The van der Waals surface area contributed by atoms with Crippen LogP contribution in [0.2, 0.25) is 0 Å². The van der Waals surface area contributed by atoms with Crippen LogP contribution in [0.15, 0.2) is 12.1 Å². The second-order valence-corrected chi connectivity index (χ2v) is 4.93. The molecule has 2 nitrogen and oxygen atoms in total. The highest BCUT2D eigenvalue weighted by Crippen LogP contribution is 2.39. The zero-order chi connectivity index (χ0) is 12.6. The highest BCUT2D eigenvalue weighted by atomic mass is 19.2. The molecule has 0 aromatic heterocycles. The van der Waals surface area contributed by atoms with Gasteiger partial charge < -0.3 is 10.6 Å². The van der Waals surface area contributed by atoms with E-state index in [1.165, 1.54) is 6.42 Å². The minimum atomic E-state index is -0.819. The molecule has 2 atom stereocenters. The number of hydrogen-bond donors (Lipinski definition) is 1. The number of nitrogens with zero attached hydrogens (tertiary/aromatic N) is 1. The van der Waals surface area contributed by atoms with Gasteiger partial charge in [0, 0.05) is 25.7 Å². The minimum Gasteiger partial charge on any atom is -0.372 e. The lowest BCUT2D eigenvalue weighted by molar-refractivity contribution is 0.497. The molecule has 1 saturated carbocycles. The summed E-state index contributed by atoms with van der Waals surface area (Å²) in [5.74, 6) is -0.297. The standard InChI is InChI=1S/C13H18F2N2/c1-8-5-10(8)7-17(2)11-4-3-9(6-16)12(14)13(11)15/h3-4,8,10H,5-7,16H2,1-2H3. The summed E-state index contributed by atoms with van der Waals surface area (Å²) in [6, 6.07) is 3.16. The Morgan fingerprint density at radius 3 is 2.53 bits per heavy atom. The van der Waals surface area contributed by atoms with Crippen LogP contribution in [0.1, 0.15) is 18.9 Å². The molecule has 0 bridgehead atoms. The van der Waals surface area contributed by atoms with Crippen LogP contribution in [0.3, 0.4) is 0 Å². The number of halogens is 2. The lowest BCUT2D eigenvalue weighted by atomic mass is 10.1. The molecular weight excluding hydrogens is 222 g/mol. The van der Waals surface area contributed by atoms with Crippen LogP contribution in [-0.2, 0) is 6.54 Å². The van der Waals surface area contributed by atoms with Gasteiger partial charge in [0.15, 0.2) is 11.6 Å². The third-order valence-corrected chi connectivity index (χ3v) is 3.56. The molecule has 0 amide bonds. The maximum Gasteiger partial charge on any atom is 0.182 e. The van der Waals surface area contributed by atoms with Crippen molar-refractivity contribution in [1.29, 1.82) is 0 Å². The van der Waals surface area contributed by atoms with E-state index < -0.39 is 11.6 Å². The van der Waals surface area contributed by atoms with Gasteiger partial charge in [-0.15, -0.1) is 0 Å². The van der Waals surface area contributed by atoms with Crippen LogP contribution in [0.4, 0.5) is 14.5 Å². The molecule has 0 spiro atoms. The van der Waals surface area contributed by atoms with Crippen LogP contribution in [0.25, 0.3) is 0 Å². The number of benzene rings is 1. The SMILES string of the molecule is CC1CC1CN(C)c1ccc(CN)c(F)c1F. The fourth-order valence-corrected chi connectivity index (χ4v) is 2.14. The van der Waals surface area contributed by atoms with E-state index in [2.05, 4.69) is 6.92 Å². The summed E-state index contributed by atoms with van der Waals surface area (Å²) in [6.45, 7) is 2.97. The van der Waals surface area contributed by atoms with Gasteiger partial charge in [0.05, 0.1) is 5.69 Å². The first kappa shape index (κ1) is 12.3. The van der Waals surface area contributed by atoms with E-state index in [9.17, 15) is 8.78 Å². The van der Waals surface area contributed by atoms with Gasteiger partial charge in [0.25, 0.3) is 0 Å². The Kier molecular flexibility index (Phi) is 3.33. The first-order valence-electron chi connectivity index (χ1n) is 5.92. The average molecular weight is 240 g/mol. The highest BCUT2D eigenvalue weighted by Gasteiger charge is 2.33. The van der Waals surface area contributed by atoms with Crippen molar-refractivity contribution in [3.05, 3.63) is 29.3 Å². The largest absolute Gasteiger partial charge is 0.372 e. The van der Waals surface area contributed by atoms with Crippen LogP contribution < -0.4 is 10.6 Å². The second-order valence-electron chi connectivity index (χ2n) is 4.93. The third-order valence-electron chi connectivity index (χ3n) is 3.56. The second kappa shape index (κ2) is 4.61. The summed E-state index contributed by atoms with van der Waals surface area (Å²) in [5, 5.41) is 0. The molecule has 1 aromatic rings. The van der Waals surface area contributed by atoms with E-state index in [0.29, 0.717) is 17.5 Å². The van der Waals surface area contributed by atoms with Crippen molar-refractivity contribution in [2.45, 2.75) is 19.9 Å². The van der Waals surface area contributed by atoms with E-state index in [1.54, 1.807) is 24.1 Å². The van der Waals surface area contributed by atoms with Gasteiger partial charge >= 0.3 is 0 Å². The van der Waals surface area contributed by atoms with Crippen molar-refractivity contribution >= 4 is 5.69 Å². The summed E-state index contributed by atoms with van der Waals surface area (Å²) in [7, 11) is 1.80. The summed E-state index contributed by atoms with van der Waals surface area (Å²) in [4.78, 5) is 1.78. The Morgan fingerprint density at radius 2 is 2.00 bits per heavy atom. The molecule has 2 N–H and O–H groups in total. The van der Waals surface area contributed by atoms with Crippen LogP contribution in [-0.4, -0.2) is 13.6 Å². The van der Waals surface area contributed by atoms with Crippen LogP contribution in [0.5, 0.6) is 0 Å². The first-order chi connectivity index (χ1) is 8.04. The molecule has 1 fully saturated rings. The lowest BCUT2D eigenvalue weighted by Gasteiger charge is -2.20. The van der Waals surface area contributed by atoms with Crippen molar-refractivity contribution in [3.8, 4) is 0 Å². The Labute approximate surface area is 100 Å². The van der Waals surface area contributed by atoms with Gasteiger partial charge in [-0.2, -0.15) is 0 Å². The zero-order valence-electron chi connectivity index (χ0n) is 10.2. The van der Waals surface area contributed by atoms with E-state index in [0.717, 1.165) is 6.54 Å². The molecule has 0 saturated heterocycles. The molecule has 1 aliphatic rings. The quantitative estimate of drug-likeness (QED) is 0.876. The monoisotopic (exact) mass is 240 g/mol. The smallest absolute Gasteiger partial charge is 0.182 e. The van der Waals surface area contributed by atoms with Crippen molar-refractivity contribution < 1.29 is 8.78 Å². The van der Waals surface area contributed by atoms with Crippen LogP contribution in [0, 0.1) is 23.5 Å². The highest BCUT2D eigenvalue weighted by molar-refractivity contribution is 5.49. The van der Waals surface area contributed by atoms with E-state index >= 15 is 0 Å². The molecule has 1 aromatic carbocycles. The predicted octanol–water partition coefficient (Wildman–Crippen LogP) is 2.52. The minimum absolute atomic E-state index is 0.0202. The molecule has 94 valence electrons. The first-order valence-corrected chi connectivity index (χ1v) is 5.92. The number of anilines is 1. The van der Waals surface area contributed by atoms with Crippen molar-refractivity contribution in [1.82, 2.24) is 0 Å².